The van der Waals surface area contributed by atoms with Gasteiger partial charge in [0, 0.05) is 13.1 Å². The maximum atomic E-state index is 12.1. The van der Waals surface area contributed by atoms with Gasteiger partial charge in [0.05, 0.1) is 24.9 Å². The molecule has 0 radical (unpaired) electrons. The summed E-state index contributed by atoms with van der Waals surface area (Å²) in [6.07, 6.45) is 2.12. The van der Waals surface area contributed by atoms with E-state index in [1.165, 1.54) is 4.68 Å². The van der Waals surface area contributed by atoms with E-state index in [-0.39, 0.29) is 19.1 Å². The van der Waals surface area contributed by atoms with Gasteiger partial charge in [0.1, 0.15) is 12.2 Å². The van der Waals surface area contributed by atoms with Crippen LogP contribution in [0.15, 0.2) is 6.20 Å². The zero-order valence-electron chi connectivity index (χ0n) is 11.9. The van der Waals surface area contributed by atoms with Crippen LogP contribution in [0.4, 0.5) is 0 Å². The average Bonchev–Trinajstić information content (AvgIpc) is 2.95. The van der Waals surface area contributed by atoms with E-state index in [1.807, 2.05) is 19.0 Å². The van der Waals surface area contributed by atoms with Crippen LogP contribution in [0.25, 0.3) is 0 Å². The number of aliphatic hydroxyl groups excluding tert-OH is 1. The number of likely N-dealkylation sites (N-methyl/N-ethyl adjacent to an activating group) is 1. The van der Waals surface area contributed by atoms with E-state index in [9.17, 15) is 9.90 Å². The Morgan fingerprint density at radius 3 is 2.90 bits per heavy atom. The van der Waals surface area contributed by atoms with Gasteiger partial charge in [-0.05, 0) is 20.5 Å². The number of nitrogens with zero attached hydrogens (tertiary/aromatic N) is 5. The smallest absolute Gasteiger partial charge is 0.244 e. The van der Waals surface area contributed by atoms with Gasteiger partial charge in [-0.1, -0.05) is 5.21 Å². The predicted molar refractivity (Wildman–Crippen MR) is 70.6 cm³/mol. The Bertz CT molecular complexity index is 475. The maximum absolute atomic E-state index is 12.1. The fourth-order valence-electron chi connectivity index (χ4n) is 2.51. The van der Waals surface area contributed by atoms with Gasteiger partial charge in [-0.25, -0.2) is 4.68 Å². The molecule has 0 saturated carbocycles. The molecule has 112 valence electrons. The van der Waals surface area contributed by atoms with Crippen molar-refractivity contribution in [2.24, 2.45) is 0 Å². The molecule has 1 aromatic rings. The molecule has 8 nitrogen and oxygen atoms in total. The molecule has 1 aliphatic rings. The van der Waals surface area contributed by atoms with E-state index in [0.717, 1.165) is 0 Å². The number of hydrogen-bond acceptors (Lipinski definition) is 6. The minimum atomic E-state index is -0.836. The maximum Gasteiger partial charge on any atom is 0.244 e. The summed E-state index contributed by atoms with van der Waals surface area (Å²) in [5.41, 5.74) is -0.402. The van der Waals surface area contributed by atoms with Gasteiger partial charge in [-0.3, -0.25) is 4.79 Å². The van der Waals surface area contributed by atoms with E-state index in [1.54, 1.807) is 11.1 Å². The lowest BCUT2D eigenvalue weighted by Crippen LogP contribution is -2.44. The molecule has 0 spiro atoms. The quantitative estimate of drug-likeness (QED) is 0.668. The highest BCUT2D eigenvalue weighted by molar-refractivity contribution is 5.76. The van der Waals surface area contributed by atoms with Crippen molar-refractivity contribution in [2.45, 2.75) is 25.2 Å². The monoisotopic (exact) mass is 283 g/mol. The van der Waals surface area contributed by atoms with E-state index < -0.39 is 5.60 Å². The molecule has 2 heterocycles. The summed E-state index contributed by atoms with van der Waals surface area (Å²) in [7, 11) is 3.79. The van der Waals surface area contributed by atoms with Crippen LogP contribution in [0, 0.1) is 0 Å². The first-order valence-corrected chi connectivity index (χ1v) is 6.57. The topological polar surface area (TPSA) is 94.7 Å². The van der Waals surface area contributed by atoms with Gasteiger partial charge in [-0.15, -0.1) is 5.10 Å². The Balaban J connectivity index is 1.91. The average molecular weight is 283 g/mol. The molecular formula is C12H21N5O3. The van der Waals surface area contributed by atoms with Crippen molar-refractivity contribution in [3.8, 4) is 0 Å². The molecule has 8 heteroatoms. The molecule has 0 aliphatic carbocycles. The third-order valence-electron chi connectivity index (χ3n) is 3.34. The number of aliphatic hydroxyl groups is 2. The van der Waals surface area contributed by atoms with Crippen LogP contribution < -0.4 is 0 Å². The van der Waals surface area contributed by atoms with Crippen LogP contribution in [-0.2, 0) is 17.9 Å². The number of likely N-dealkylation sites (tertiary alicyclic amines) is 1. The summed E-state index contributed by atoms with van der Waals surface area (Å²) in [6, 6.07) is 0. The first-order valence-electron chi connectivity index (χ1n) is 6.57. The van der Waals surface area contributed by atoms with Gasteiger partial charge >= 0.3 is 0 Å². The van der Waals surface area contributed by atoms with Gasteiger partial charge in [0.25, 0.3) is 0 Å². The van der Waals surface area contributed by atoms with Gasteiger partial charge in [0.15, 0.2) is 0 Å². The van der Waals surface area contributed by atoms with Crippen LogP contribution in [0.5, 0.6) is 0 Å². The first kappa shape index (κ1) is 14.9. The second-order valence-electron chi connectivity index (χ2n) is 5.59. The zero-order chi connectivity index (χ0) is 14.8. The van der Waals surface area contributed by atoms with E-state index in [2.05, 4.69) is 10.3 Å². The first-order chi connectivity index (χ1) is 9.42. The summed E-state index contributed by atoms with van der Waals surface area (Å²) in [6.45, 7) is 1.30. The molecule has 1 fully saturated rings. The molecule has 2 N–H and O–H groups in total. The second kappa shape index (κ2) is 5.86. The minimum absolute atomic E-state index is 0.0744. The highest BCUT2D eigenvalue weighted by Gasteiger charge is 2.38. The van der Waals surface area contributed by atoms with Crippen molar-refractivity contribution >= 4 is 5.91 Å². The van der Waals surface area contributed by atoms with Crippen molar-refractivity contribution in [3.63, 3.8) is 0 Å². The SMILES string of the molecule is CN(C)C[C@@]1(O)CCN(C(=O)Cn2cc(CO)nn2)C1. The second-order valence-corrected chi connectivity index (χ2v) is 5.59. The summed E-state index contributed by atoms with van der Waals surface area (Å²) >= 11 is 0. The number of β-amino-alcohol motifs (C(OH)–C–C–N with tert-alkyl or cyclic N) is 1. The lowest BCUT2D eigenvalue weighted by molar-refractivity contribution is -0.132. The Morgan fingerprint density at radius 1 is 1.55 bits per heavy atom. The molecule has 2 rings (SSSR count). The van der Waals surface area contributed by atoms with Crippen molar-refractivity contribution in [1.29, 1.82) is 0 Å². The number of carbonyl (C=O) groups excluding carboxylic acids is 1. The van der Waals surface area contributed by atoms with Gasteiger partial charge in [-0.2, -0.15) is 0 Å². The number of rotatable bonds is 5. The van der Waals surface area contributed by atoms with Gasteiger partial charge in [0.2, 0.25) is 5.91 Å². The van der Waals surface area contributed by atoms with Crippen LogP contribution in [-0.4, -0.2) is 80.2 Å². The molecule has 20 heavy (non-hydrogen) atoms. The van der Waals surface area contributed by atoms with Crippen LogP contribution in [0.2, 0.25) is 0 Å². The zero-order valence-corrected chi connectivity index (χ0v) is 11.9. The van der Waals surface area contributed by atoms with E-state index in [0.29, 0.717) is 31.7 Å². The van der Waals surface area contributed by atoms with Crippen molar-refractivity contribution in [2.75, 3.05) is 33.7 Å². The highest BCUT2D eigenvalue weighted by Crippen LogP contribution is 2.22. The number of carbonyl (C=O) groups is 1. The van der Waals surface area contributed by atoms with E-state index in [4.69, 9.17) is 5.11 Å². The molecule has 0 bridgehead atoms. The standard InChI is InChI=1S/C12H21N5O3/c1-15(2)8-12(20)3-4-16(9-12)11(19)6-17-5-10(7-18)13-14-17/h5,18,20H,3-4,6-9H2,1-2H3/t12-/m0/s1. The fourth-order valence-corrected chi connectivity index (χ4v) is 2.51. The Morgan fingerprint density at radius 2 is 2.30 bits per heavy atom. The van der Waals surface area contributed by atoms with Crippen LogP contribution in [0.3, 0.4) is 0 Å². The predicted octanol–water partition coefficient (Wildman–Crippen LogP) is -1.70. The molecule has 1 amide bonds. The number of aromatic nitrogens is 3. The summed E-state index contributed by atoms with van der Waals surface area (Å²) in [4.78, 5) is 15.7. The Hall–Kier alpha value is -1.51. The number of hydrogen-bond donors (Lipinski definition) is 2. The molecule has 1 aromatic heterocycles. The molecule has 1 saturated heterocycles. The van der Waals surface area contributed by atoms with Crippen LogP contribution >= 0.6 is 0 Å². The lowest BCUT2D eigenvalue weighted by Gasteiger charge is -2.26. The highest BCUT2D eigenvalue weighted by atomic mass is 16.3. The third-order valence-corrected chi connectivity index (χ3v) is 3.34. The van der Waals surface area contributed by atoms with Gasteiger partial charge < -0.3 is 20.0 Å². The molecule has 1 atom stereocenters. The minimum Gasteiger partial charge on any atom is -0.390 e. The molecule has 1 aliphatic heterocycles. The summed E-state index contributed by atoms with van der Waals surface area (Å²) in [5.74, 6) is -0.103. The molecule has 0 aromatic carbocycles. The lowest BCUT2D eigenvalue weighted by atomic mass is 10.0. The summed E-state index contributed by atoms with van der Waals surface area (Å²) in [5, 5.41) is 26.8. The van der Waals surface area contributed by atoms with Crippen LogP contribution in [0.1, 0.15) is 12.1 Å². The molecule has 0 unspecified atom stereocenters. The van der Waals surface area contributed by atoms with Crippen molar-refractivity contribution < 1.29 is 15.0 Å². The Kier molecular flexibility index (Phi) is 4.36. The Labute approximate surface area is 117 Å². The van der Waals surface area contributed by atoms with Crippen molar-refractivity contribution in [1.82, 2.24) is 24.8 Å². The van der Waals surface area contributed by atoms with E-state index >= 15 is 0 Å². The number of amides is 1. The largest absolute Gasteiger partial charge is 0.390 e. The normalized spacial score (nSPS) is 22.8. The molecular weight excluding hydrogens is 262 g/mol. The fraction of sp³-hybridized carbons (Fsp3) is 0.750. The summed E-state index contributed by atoms with van der Waals surface area (Å²) < 4.78 is 1.40. The van der Waals surface area contributed by atoms with Crippen molar-refractivity contribution in [3.05, 3.63) is 11.9 Å². The third kappa shape index (κ3) is 3.53.